The van der Waals surface area contributed by atoms with E-state index in [4.69, 9.17) is 0 Å². The number of fused-ring (bicyclic) bond motifs is 1. The normalized spacial score (nSPS) is 11.8. The molecule has 0 aliphatic rings. The maximum Gasteiger partial charge on any atom is 0.458 e. The van der Waals surface area contributed by atoms with Crippen LogP contribution in [-0.4, -0.2) is 16.1 Å². The standard InChI is InChI=1S/C30H11F11N2O/c31-20-10-15-8-14(9-22(33)25(15)27(36)19(20)4-5-29(37,38)39)18-3-2-17(13-21(18)32)44-30(40,41)26-23(34)11-16(12-24(26)35)28-42-6-1-7-43-28/h1-3,6-13H. The van der Waals surface area contributed by atoms with Crippen molar-refractivity contribution in [2.45, 2.75) is 12.3 Å². The van der Waals surface area contributed by atoms with Crippen LogP contribution < -0.4 is 4.74 Å². The van der Waals surface area contributed by atoms with Crippen LogP contribution in [0, 0.1) is 46.7 Å². The van der Waals surface area contributed by atoms with Gasteiger partial charge in [0.25, 0.3) is 0 Å². The van der Waals surface area contributed by atoms with E-state index < -0.39 is 80.4 Å². The van der Waals surface area contributed by atoms with Gasteiger partial charge in [-0.2, -0.15) is 22.0 Å². The molecule has 4 aromatic carbocycles. The van der Waals surface area contributed by atoms with Crippen molar-refractivity contribution >= 4 is 10.8 Å². The molecule has 0 fully saturated rings. The lowest BCUT2D eigenvalue weighted by Crippen LogP contribution is -2.25. The minimum atomic E-state index is -5.08. The summed E-state index contributed by atoms with van der Waals surface area (Å²) in [6.07, 6.45) is -7.22. The summed E-state index contributed by atoms with van der Waals surface area (Å²) in [5.41, 5.74) is -4.21. The molecule has 3 nitrogen and oxygen atoms in total. The van der Waals surface area contributed by atoms with Gasteiger partial charge in [0, 0.05) is 35.5 Å². The van der Waals surface area contributed by atoms with E-state index in [-0.39, 0.29) is 17.0 Å². The first-order valence-electron chi connectivity index (χ1n) is 12.0. The second-order valence-electron chi connectivity index (χ2n) is 9.00. The van der Waals surface area contributed by atoms with E-state index in [1.165, 1.54) is 24.4 Å². The van der Waals surface area contributed by atoms with Crippen LogP contribution in [0.25, 0.3) is 33.3 Å². The first kappa shape index (κ1) is 30.3. The van der Waals surface area contributed by atoms with Crippen molar-refractivity contribution in [2.24, 2.45) is 0 Å². The van der Waals surface area contributed by atoms with Gasteiger partial charge in [0.05, 0.1) is 10.9 Å². The van der Waals surface area contributed by atoms with Crippen LogP contribution in [0.15, 0.2) is 67.0 Å². The molecule has 0 atom stereocenters. The third-order valence-corrected chi connectivity index (χ3v) is 6.06. The molecule has 0 bridgehead atoms. The molecule has 0 N–H and O–H groups in total. The molecular weight excluding hydrogens is 613 g/mol. The first-order chi connectivity index (χ1) is 20.6. The molecule has 1 aromatic heterocycles. The Labute approximate surface area is 239 Å². The van der Waals surface area contributed by atoms with E-state index in [0.717, 1.165) is 18.2 Å². The predicted octanol–water partition coefficient (Wildman–Crippen LogP) is 8.84. The van der Waals surface area contributed by atoms with Crippen LogP contribution in [0.2, 0.25) is 0 Å². The number of ether oxygens (including phenoxy) is 1. The highest BCUT2D eigenvalue weighted by Gasteiger charge is 2.41. The minimum Gasteiger partial charge on any atom is -0.429 e. The molecule has 0 amide bonds. The summed E-state index contributed by atoms with van der Waals surface area (Å²) in [6, 6.07) is 6.45. The highest BCUT2D eigenvalue weighted by Crippen LogP contribution is 2.38. The molecular formula is C30H11F11N2O. The van der Waals surface area contributed by atoms with Gasteiger partial charge in [-0.15, -0.1) is 0 Å². The molecule has 1 heterocycles. The molecule has 0 unspecified atom stereocenters. The molecule has 0 saturated heterocycles. The Morgan fingerprint density at radius 3 is 1.91 bits per heavy atom. The van der Waals surface area contributed by atoms with E-state index >= 15 is 0 Å². The predicted molar refractivity (Wildman–Crippen MR) is 134 cm³/mol. The van der Waals surface area contributed by atoms with Crippen LogP contribution in [0.1, 0.15) is 11.1 Å². The van der Waals surface area contributed by atoms with Crippen LogP contribution in [0.4, 0.5) is 48.3 Å². The lowest BCUT2D eigenvalue weighted by atomic mass is 9.98. The summed E-state index contributed by atoms with van der Waals surface area (Å²) in [4.78, 5) is 7.55. The Morgan fingerprint density at radius 1 is 0.659 bits per heavy atom. The largest absolute Gasteiger partial charge is 0.458 e. The number of rotatable bonds is 5. The quantitative estimate of drug-likeness (QED) is 0.145. The van der Waals surface area contributed by atoms with Crippen molar-refractivity contribution in [1.29, 1.82) is 0 Å². The summed E-state index contributed by atoms with van der Waals surface area (Å²) in [5, 5.41) is -1.45. The maximum absolute atomic E-state index is 15.0. The number of nitrogens with zero attached hydrogens (tertiary/aromatic N) is 2. The Hall–Kier alpha value is -5.19. The Bertz CT molecular complexity index is 1960. The van der Waals surface area contributed by atoms with Crippen molar-refractivity contribution < 1.29 is 53.0 Å². The Morgan fingerprint density at radius 2 is 1.30 bits per heavy atom. The molecule has 0 spiro atoms. The van der Waals surface area contributed by atoms with Gasteiger partial charge in [0.15, 0.2) is 11.6 Å². The van der Waals surface area contributed by atoms with E-state index in [9.17, 15) is 48.3 Å². The zero-order valence-corrected chi connectivity index (χ0v) is 21.3. The van der Waals surface area contributed by atoms with E-state index in [0.29, 0.717) is 36.3 Å². The van der Waals surface area contributed by atoms with Crippen molar-refractivity contribution in [3.8, 4) is 40.1 Å². The van der Waals surface area contributed by atoms with Crippen LogP contribution in [0.5, 0.6) is 5.75 Å². The fourth-order valence-electron chi connectivity index (χ4n) is 4.24. The number of aromatic nitrogens is 2. The summed E-state index contributed by atoms with van der Waals surface area (Å²) in [7, 11) is 0. The summed E-state index contributed by atoms with van der Waals surface area (Å²) in [5.74, 6) is -8.55. The van der Waals surface area contributed by atoms with E-state index in [1.807, 2.05) is 0 Å². The summed E-state index contributed by atoms with van der Waals surface area (Å²) >= 11 is 0. The van der Waals surface area contributed by atoms with Crippen molar-refractivity contribution in [3.05, 3.63) is 113 Å². The zero-order chi connectivity index (χ0) is 32.0. The lowest BCUT2D eigenvalue weighted by Gasteiger charge is -2.20. The van der Waals surface area contributed by atoms with Crippen LogP contribution in [-0.2, 0) is 6.11 Å². The topological polar surface area (TPSA) is 35.0 Å². The SMILES string of the molecule is Fc1cc(OC(F)(F)c2c(F)cc(-c3ncccn3)cc2F)ccc1-c1cc(F)c2c(F)c(C#CC(F)(F)F)c(F)cc2c1. The van der Waals surface area contributed by atoms with Gasteiger partial charge >= 0.3 is 12.3 Å². The molecule has 224 valence electrons. The molecule has 5 aromatic rings. The van der Waals surface area contributed by atoms with E-state index in [1.54, 1.807) is 0 Å². The summed E-state index contributed by atoms with van der Waals surface area (Å²) < 4.78 is 159. The molecule has 5 rings (SSSR count). The first-order valence-corrected chi connectivity index (χ1v) is 12.0. The van der Waals surface area contributed by atoms with Crippen molar-refractivity contribution in [2.75, 3.05) is 0 Å². The maximum atomic E-state index is 15.0. The molecule has 0 radical (unpaired) electrons. The van der Waals surface area contributed by atoms with Gasteiger partial charge in [0.1, 0.15) is 40.4 Å². The molecule has 0 saturated carbocycles. The lowest BCUT2D eigenvalue weighted by molar-refractivity contribution is -0.189. The van der Waals surface area contributed by atoms with Gasteiger partial charge in [-0.1, -0.05) is 5.92 Å². The van der Waals surface area contributed by atoms with Gasteiger partial charge in [-0.25, -0.2) is 36.3 Å². The van der Waals surface area contributed by atoms with Gasteiger partial charge < -0.3 is 4.74 Å². The third-order valence-electron chi connectivity index (χ3n) is 6.06. The zero-order valence-electron chi connectivity index (χ0n) is 21.3. The molecule has 0 aliphatic carbocycles. The molecule has 44 heavy (non-hydrogen) atoms. The molecule has 14 heteroatoms. The fourth-order valence-corrected chi connectivity index (χ4v) is 4.24. The third kappa shape index (κ3) is 5.98. The smallest absolute Gasteiger partial charge is 0.429 e. The average Bonchev–Trinajstić information content (AvgIpc) is 2.91. The number of hydrogen-bond donors (Lipinski definition) is 0. The molecule has 0 aliphatic heterocycles. The van der Waals surface area contributed by atoms with Crippen molar-refractivity contribution in [1.82, 2.24) is 9.97 Å². The fraction of sp³-hybridized carbons (Fsp3) is 0.0667. The highest BCUT2D eigenvalue weighted by atomic mass is 19.4. The Balaban J connectivity index is 1.46. The second-order valence-corrected chi connectivity index (χ2v) is 9.00. The Kier molecular flexibility index (Phi) is 7.67. The number of hydrogen-bond acceptors (Lipinski definition) is 3. The van der Waals surface area contributed by atoms with Crippen LogP contribution in [0.3, 0.4) is 0 Å². The second kappa shape index (κ2) is 11.1. The monoisotopic (exact) mass is 624 g/mol. The highest BCUT2D eigenvalue weighted by molar-refractivity contribution is 5.90. The van der Waals surface area contributed by atoms with Gasteiger partial charge in [-0.05, 0) is 59.5 Å². The average molecular weight is 624 g/mol. The van der Waals surface area contributed by atoms with Crippen LogP contribution >= 0.6 is 0 Å². The summed E-state index contributed by atoms with van der Waals surface area (Å²) in [6.45, 7) is 0. The number of halogens is 11. The van der Waals surface area contributed by atoms with Crippen molar-refractivity contribution in [3.63, 3.8) is 0 Å². The number of alkyl halides is 5. The number of benzene rings is 4. The van der Waals surface area contributed by atoms with E-state index in [2.05, 4.69) is 14.7 Å². The minimum absolute atomic E-state index is 0.148. The van der Waals surface area contributed by atoms with Gasteiger partial charge in [0.2, 0.25) is 0 Å². The van der Waals surface area contributed by atoms with Gasteiger partial charge in [-0.3, -0.25) is 0 Å².